The van der Waals surface area contributed by atoms with Crippen molar-refractivity contribution in [2.75, 3.05) is 13.2 Å². The van der Waals surface area contributed by atoms with E-state index in [0.29, 0.717) is 6.42 Å². The maximum atomic E-state index is 12.4. The zero-order valence-corrected chi connectivity index (χ0v) is 17.9. The van der Waals surface area contributed by atoms with Crippen LogP contribution < -0.4 is 10.6 Å². The average molecular weight is 450 g/mol. The molecule has 0 aromatic heterocycles. The molecular weight excluding hydrogens is 424 g/mol. The largest absolute Gasteiger partial charge is 0.481 e. The van der Waals surface area contributed by atoms with Crippen molar-refractivity contribution in [3.8, 4) is 11.1 Å². The summed E-state index contributed by atoms with van der Waals surface area (Å²) in [5, 5.41) is 23.5. The summed E-state index contributed by atoms with van der Waals surface area (Å²) in [6, 6.07) is 15.9. The predicted octanol–water partition coefficient (Wildman–Crippen LogP) is 2.42. The molecule has 2 aliphatic carbocycles. The first kappa shape index (κ1) is 22.5. The highest BCUT2D eigenvalue weighted by atomic mass is 16.5. The van der Waals surface area contributed by atoms with Crippen LogP contribution in [0.1, 0.15) is 29.9 Å². The number of aliphatic hydroxyl groups is 1. The number of amides is 2. The van der Waals surface area contributed by atoms with Crippen LogP contribution >= 0.6 is 0 Å². The number of ether oxygens (including phenoxy) is 1. The molecule has 0 saturated carbocycles. The monoisotopic (exact) mass is 450 g/mol. The minimum Gasteiger partial charge on any atom is -0.481 e. The third-order valence-corrected chi connectivity index (χ3v) is 5.99. The fraction of sp³-hybridized carbons (Fsp3) is 0.320. The molecule has 172 valence electrons. The van der Waals surface area contributed by atoms with Crippen LogP contribution in [-0.2, 0) is 14.3 Å². The molecule has 2 aromatic rings. The Kier molecular flexibility index (Phi) is 6.74. The van der Waals surface area contributed by atoms with Crippen LogP contribution in [0.3, 0.4) is 0 Å². The van der Waals surface area contributed by atoms with Crippen LogP contribution in [0.5, 0.6) is 0 Å². The van der Waals surface area contributed by atoms with Crippen LogP contribution in [0.15, 0.2) is 60.7 Å². The number of alkyl carbamates (subject to hydrolysis) is 1. The summed E-state index contributed by atoms with van der Waals surface area (Å²) in [7, 11) is 0. The number of carboxylic acid groups (broad SMARTS) is 1. The first-order valence-electron chi connectivity index (χ1n) is 10.9. The molecule has 4 N–H and O–H groups in total. The number of hydrogen-bond acceptors (Lipinski definition) is 5. The molecule has 2 aromatic carbocycles. The van der Waals surface area contributed by atoms with Crippen molar-refractivity contribution in [1.82, 2.24) is 10.6 Å². The Bertz CT molecular complexity index is 1040. The van der Waals surface area contributed by atoms with E-state index in [1.165, 1.54) is 0 Å². The van der Waals surface area contributed by atoms with E-state index < -0.39 is 30.5 Å². The lowest BCUT2D eigenvalue weighted by molar-refractivity contribution is -0.139. The second kappa shape index (κ2) is 9.87. The highest BCUT2D eigenvalue weighted by Gasteiger charge is 2.30. The van der Waals surface area contributed by atoms with Crippen LogP contribution in [0.2, 0.25) is 0 Å². The van der Waals surface area contributed by atoms with Crippen LogP contribution in [0.4, 0.5) is 4.79 Å². The number of carbonyl (C=O) groups excluding carboxylic acids is 2. The number of rotatable bonds is 8. The molecular formula is C25H26N2O6. The highest BCUT2D eigenvalue weighted by molar-refractivity contribution is 5.81. The van der Waals surface area contributed by atoms with E-state index in [-0.39, 0.29) is 31.0 Å². The van der Waals surface area contributed by atoms with E-state index in [1.807, 2.05) is 24.3 Å². The van der Waals surface area contributed by atoms with E-state index in [0.717, 1.165) is 22.3 Å². The molecule has 4 rings (SSSR count). The van der Waals surface area contributed by atoms with Gasteiger partial charge < -0.3 is 25.6 Å². The first-order valence-corrected chi connectivity index (χ1v) is 10.9. The average Bonchev–Trinajstić information content (AvgIpc) is 3.38. The van der Waals surface area contributed by atoms with Crippen molar-refractivity contribution in [3.63, 3.8) is 0 Å². The Morgan fingerprint density at radius 2 is 1.64 bits per heavy atom. The topological polar surface area (TPSA) is 125 Å². The maximum Gasteiger partial charge on any atom is 0.407 e. The van der Waals surface area contributed by atoms with Gasteiger partial charge in [-0.25, -0.2) is 4.79 Å². The minimum absolute atomic E-state index is 0.0296. The molecule has 8 heteroatoms. The van der Waals surface area contributed by atoms with Gasteiger partial charge >= 0.3 is 12.1 Å². The van der Waals surface area contributed by atoms with Gasteiger partial charge in [0.1, 0.15) is 6.61 Å². The Hall–Kier alpha value is -3.65. The summed E-state index contributed by atoms with van der Waals surface area (Å²) in [6.07, 6.45) is 1.65. The van der Waals surface area contributed by atoms with E-state index in [9.17, 15) is 19.5 Å². The Labute approximate surface area is 191 Å². The molecule has 0 radical (unpaired) electrons. The first-order chi connectivity index (χ1) is 15.9. The third-order valence-electron chi connectivity index (χ3n) is 5.99. The van der Waals surface area contributed by atoms with Crippen molar-refractivity contribution in [3.05, 3.63) is 71.8 Å². The van der Waals surface area contributed by atoms with Crippen LogP contribution in [0, 0.1) is 5.92 Å². The molecule has 3 unspecified atom stereocenters. The second-order valence-electron chi connectivity index (χ2n) is 8.30. The zero-order valence-electron chi connectivity index (χ0n) is 17.9. The second-order valence-corrected chi connectivity index (χ2v) is 8.30. The Balaban J connectivity index is 1.26. The molecule has 0 spiro atoms. The molecule has 3 atom stereocenters. The lowest BCUT2D eigenvalue weighted by Gasteiger charge is -2.17. The number of aliphatic carboxylic acids is 1. The summed E-state index contributed by atoms with van der Waals surface area (Å²) in [6.45, 7) is 0.0711. The minimum atomic E-state index is -1.15. The quantitative estimate of drug-likeness (QED) is 0.458. The van der Waals surface area contributed by atoms with Gasteiger partial charge in [0.05, 0.1) is 24.5 Å². The SMILES string of the molecule is O=C(O)CC(O)CNC(=O)C1C=CC(NC(=O)OCC2c3ccccc3-c3ccccc32)C1. The van der Waals surface area contributed by atoms with Crippen molar-refractivity contribution in [2.24, 2.45) is 5.92 Å². The van der Waals surface area contributed by atoms with Crippen molar-refractivity contribution in [1.29, 1.82) is 0 Å². The molecule has 2 aliphatic rings. The van der Waals surface area contributed by atoms with E-state index in [1.54, 1.807) is 12.2 Å². The van der Waals surface area contributed by atoms with Crippen LogP contribution in [-0.4, -0.2) is 53.5 Å². The summed E-state index contributed by atoms with van der Waals surface area (Å²) >= 11 is 0. The van der Waals surface area contributed by atoms with Gasteiger partial charge in [0, 0.05) is 12.5 Å². The van der Waals surface area contributed by atoms with Gasteiger partial charge in [-0.3, -0.25) is 9.59 Å². The van der Waals surface area contributed by atoms with Gasteiger partial charge in [0.15, 0.2) is 0 Å². The number of carbonyl (C=O) groups is 3. The number of fused-ring (bicyclic) bond motifs is 3. The third kappa shape index (κ3) is 5.23. The predicted molar refractivity (Wildman–Crippen MR) is 121 cm³/mol. The molecule has 0 fully saturated rings. The van der Waals surface area contributed by atoms with E-state index in [2.05, 4.69) is 34.9 Å². The summed E-state index contributed by atoms with van der Waals surface area (Å²) in [5.74, 6) is -1.96. The Morgan fingerprint density at radius 1 is 1.00 bits per heavy atom. The number of benzene rings is 2. The molecule has 0 bridgehead atoms. The smallest absolute Gasteiger partial charge is 0.407 e. The number of aliphatic hydroxyl groups excluding tert-OH is 1. The molecule has 33 heavy (non-hydrogen) atoms. The molecule has 0 heterocycles. The van der Waals surface area contributed by atoms with E-state index >= 15 is 0 Å². The molecule has 0 saturated heterocycles. The maximum absolute atomic E-state index is 12.4. The van der Waals surface area contributed by atoms with Gasteiger partial charge in [-0.2, -0.15) is 0 Å². The van der Waals surface area contributed by atoms with Crippen molar-refractivity contribution in [2.45, 2.75) is 30.9 Å². The fourth-order valence-corrected chi connectivity index (χ4v) is 4.42. The molecule has 8 nitrogen and oxygen atoms in total. The van der Waals surface area contributed by atoms with Crippen LogP contribution in [0.25, 0.3) is 11.1 Å². The standard InChI is InChI=1S/C25H26N2O6/c28-17(12-23(29)30)13-26-24(31)15-9-10-16(11-15)27-25(32)33-14-22-20-7-3-1-5-18(20)19-6-2-4-8-21(19)22/h1-10,15-17,22,28H,11-14H2,(H,26,31)(H,27,32)(H,29,30). The van der Waals surface area contributed by atoms with Crippen molar-refractivity contribution >= 4 is 18.0 Å². The van der Waals surface area contributed by atoms with Gasteiger partial charge in [-0.05, 0) is 28.7 Å². The molecule has 0 aliphatic heterocycles. The summed E-state index contributed by atoms with van der Waals surface area (Å²) in [4.78, 5) is 35.2. The Morgan fingerprint density at radius 3 is 2.27 bits per heavy atom. The number of carboxylic acids is 1. The highest BCUT2D eigenvalue weighted by Crippen LogP contribution is 2.44. The number of hydrogen-bond donors (Lipinski definition) is 4. The van der Waals surface area contributed by atoms with Gasteiger partial charge in [0.25, 0.3) is 0 Å². The normalized spacial score (nSPS) is 19.4. The lowest BCUT2D eigenvalue weighted by Crippen LogP contribution is -2.38. The van der Waals surface area contributed by atoms with Gasteiger partial charge in [-0.1, -0.05) is 60.7 Å². The lowest BCUT2D eigenvalue weighted by atomic mass is 9.98. The summed E-state index contributed by atoms with van der Waals surface area (Å²) in [5.41, 5.74) is 4.58. The van der Waals surface area contributed by atoms with Gasteiger partial charge in [-0.15, -0.1) is 0 Å². The van der Waals surface area contributed by atoms with Crippen molar-refractivity contribution < 1.29 is 29.3 Å². The summed E-state index contributed by atoms with van der Waals surface area (Å²) < 4.78 is 5.54. The van der Waals surface area contributed by atoms with E-state index in [4.69, 9.17) is 9.84 Å². The molecule has 2 amide bonds. The van der Waals surface area contributed by atoms with Gasteiger partial charge in [0.2, 0.25) is 5.91 Å². The fourth-order valence-electron chi connectivity index (χ4n) is 4.42. The zero-order chi connectivity index (χ0) is 23.4. The number of nitrogens with one attached hydrogen (secondary N) is 2.